The van der Waals surface area contributed by atoms with Crippen molar-refractivity contribution >= 4 is 52.1 Å². The second kappa shape index (κ2) is 8.11. The smallest absolute Gasteiger partial charge is 0.416 e. The number of benzene rings is 2. The third-order valence-corrected chi connectivity index (χ3v) is 4.00. The van der Waals surface area contributed by atoms with Gasteiger partial charge in [0, 0.05) is 5.56 Å². The van der Waals surface area contributed by atoms with Crippen molar-refractivity contribution < 1.29 is 22.7 Å². The number of carbonyl (C=O) groups excluding carboxylic acids is 1. The zero-order valence-electron chi connectivity index (χ0n) is 13.1. The van der Waals surface area contributed by atoms with Crippen LogP contribution < -0.4 is 15.4 Å². The summed E-state index contributed by atoms with van der Waals surface area (Å²) in [6.45, 7) is 0. The van der Waals surface area contributed by atoms with Gasteiger partial charge in [-0.15, -0.1) is 0 Å². The van der Waals surface area contributed by atoms with Crippen LogP contribution in [0.2, 0.25) is 10.0 Å². The Balaban J connectivity index is 2.07. The zero-order chi connectivity index (χ0) is 19.5. The molecule has 0 unspecified atom stereocenters. The van der Waals surface area contributed by atoms with Crippen LogP contribution in [-0.2, 0) is 6.18 Å². The molecule has 0 aliphatic heterocycles. The summed E-state index contributed by atoms with van der Waals surface area (Å²) in [6.07, 6.45) is -4.51. The fraction of sp³-hybridized carbons (Fsp3) is 0.125. The van der Waals surface area contributed by atoms with Gasteiger partial charge in [-0.2, -0.15) is 13.2 Å². The summed E-state index contributed by atoms with van der Waals surface area (Å²) in [5.41, 5.74) is -0.549. The predicted octanol–water partition coefficient (Wildman–Crippen LogP) is 5.15. The van der Waals surface area contributed by atoms with Gasteiger partial charge in [0.05, 0.1) is 28.4 Å². The van der Waals surface area contributed by atoms with Crippen molar-refractivity contribution in [2.45, 2.75) is 6.18 Å². The third-order valence-electron chi connectivity index (χ3n) is 3.19. The fourth-order valence-corrected chi connectivity index (χ4v) is 2.62. The summed E-state index contributed by atoms with van der Waals surface area (Å²) in [7, 11) is 1.44. The molecule has 2 N–H and O–H groups in total. The number of halogens is 5. The van der Waals surface area contributed by atoms with Crippen molar-refractivity contribution in [3.8, 4) is 5.75 Å². The first kappa shape index (κ1) is 20.3. The number of alkyl halides is 3. The molecule has 0 radical (unpaired) electrons. The summed E-state index contributed by atoms with van der Waals surface area (Å²) in [4.78, 5) is 12.1. The summed E-state index contributed by atoms with van der Waals surface area (Å²) < 4.78 is 42.9. The van der Waals surface area contributed by atoms with Gasteiger partial charge in [0.15, 0.2) is 5.11 Å². The van der Waals surface area contributed by atoms with Crippen LogP contribution in [-0.4, -0.2) is 18.1 Å². The summed E-state index contributed by atoms with van der Waals surface area (Å²) in [5.74, 6) is -0.157. The number of methoxy groups -OCH3 is 1. The van der Waals surface area contributed by atoms with Gasteiger partial charge in [-0.05, 0) is 48.6 Å². The Morgan fingerprint density at radius 1 is 1.12 bits per heavy atom. The molecule has 0 atom stereocenters. The standard InChI is InChI=1S/C16H11Cl2F3N2O2S/c1-25-13-5-2-8(6-11(13)18)14(24)23-15(26)22-12-4-3-9(7-10(12)17)16(19,20)21/h2-7H,1H3,(H2,22,23,24,26). The normalized spacial score (nSPS) is 11.0. The second-order valence-electron chi connectivity index (χ2n) is 4.95. The SMILES string of the molecule is COc1ccc(C(=O)NC(=S)Nc2ccc(C(F)(F)F)cc2Cl)cc1Cl. The minimum atomic E-state index is -4.51. The maximum atomic E-state index is 12.6. The highest BCUT2D eigenvalue weighted by Gasteiger charge is 2.30. The molecular weight excluding hydrogens is 412 g/mol. The topological polar surface area (TPSA) is 50.4 Å². The molecule has 0 saturated carbocycles. The van der Waals surface area contributed by atoms with E-state index in [4.69, 9.17) is 40.2 Å². The maximum absolute atomic E-state index is 12.6. The molecule has 1 amide bonds. The van der Waals surface area contributed by atoms with E-state index < -0.39 is 17.6 Å². The fourth-order valence-electron chi connectivity index (χ4n) is 1.93. The number of anilines is 1. The van der Waals surface area contributed by atoms with Gasteiger partial charge >= 0.3 is 6.18 Å². The number of amides is 1. The van der Waals surface area contributed by atoms with E-state index in [1.807, 2.05) is 0 Å². The van der Waals surface area contributed by atoms with Crippen LogP contribution in [0.25, 0.3) is 0 Å². The first-order valence-electron chi connectivity index (χ1n) is 6.94. The highest BCUT2D eigenvalue weighted by Crippen LogP contribution is 2.33. The molecule has 0 aliphatic rings. The summed E-state index contributed by atoms with van der Waals surface area (Å²) in [5, 5.41) is 4.87. The number of hydrogen-bond donors (Lipinski definition) is 2. The molecule has 10 heteroatoms. The Kier molecular flexibility index (Phi) is 6.33. The van der Waals surface area contributed by atoms with Crippen molar-refractivity contribution in [1.82, 2.24) is 5.32 Å². The zero-order valence-corrected chi connectivity index (χ0v) is 15.4. The molecule has 0 saturated heterocycles. The molecule has 2 rings (SSSR count). The molecule has 0 aromatic heterocycles. The number of nitrogens with one attached hydrogen (secondary N) is 2. The summed E-state index contributed by atoms with van der Waals surface area (Å²) in [6, 6.07) is 7.12. The molecule has 4 nitrogen and oxygen atoms in total. The quantitative estimate of drug-likeness (QED) is 0.671. The van der Waals surface area contributed by atoms with Crippen LogP contribution in [0, 0.1) is 0 Å². The average molecular weight is 423 g/mol. The van der Waals surface area contributed by atoms with Crippen LogP contribution in [0.3, 0.4) is 0 Å². The van der Waals surface area contributed by atoms with Crippen LogP contribution in [0.1, 0.15) is 15.9 Å². The Morgan fingerprint density at radius 2 is 1.81 bits per heavy atom. The molecule has 0 heterocycles. The largest absolute Gasteiger partial charge is 0.495 e. The van der Waals surface area contributed by atoms with Crippen molar-refractivity contribution in [2.24, 2.45) is 0 Å². The first-order chi connectivity index (χ1) is 12.1. The van der Waals surface area contributed by atoms with Gasteiger partial charge in [-0.3, -0.25) is 10.1 Å². The average Bonchev–Trinajstić information content (AvgIpc) is 2.55. The lowest BCUT2D eigenvalue weighted by Gasteiger charge is -2.13. The van der Waals surface area contributed by atoms with Crippen molar-refractivity contribution in [3.05, 3.63) is 57.6 Å². The van der Waals surface area contributed by atoms with Crippen LogP contribution in [0.5, 0.6) is 5.75 Å². The van der Waals surface area contributed by atoms with E-state index in [1.54, 1.807) is 0 Å². The molecule has 2 aromatic carbocycles. The number of ether oxygens (including phenoxy) is 1. The molecule has 26 heavy (non-hydrogen) atoms. The predicted molar refractivity (Wildman–Crippen MR) is 98.1 cm³/mol. The highest BCUT2D eigenvalue weighted by molar-refractivity contribution is 7.80. The van der Waals surface area contributed by atoms with E-state index in [-0.39, 0.29) is 26.4 Å². The number of thiocarbonyl (C=S) groups is 1. The Bertz CT molecular complexity index is 860. The molecule has 0 fully saturated rings. The van der Waals surface area contributed by atoms with E-state index in [2.05, 4.69) is 10.6 Å². The van der Waals surface area contributed by atoms with E-state index in [9.17, 15) is 18.0 Å². The van der Waals surface area contributed by atoms with Gasteiger partial charge < -0.3 is 10.1 Å². The number of rotatable bonds is 3. The minimum absolute atomic E-state index is 0.123. The van der Waals surface area contributed by atoms with Crippen LogP contribution in [0.4, 0.5) is 18.9 Å². The van der Waals surface area contributed by atoms with Crippen molar-refractivity contribution in [3.63, 3.8) is 0 Å². The number of hydrogen-bond acceptors (Lipinski definition) is 3. The van der Waals surface area contributed by atoms with Gasteiger partial charge in [0.2, 0.25) is 0 Å². The van der Waals surface area contributed by atoms with E-state index >= 15 is 0 Å². The van der Waals surface area contributed by atoms with E-state index in [1.165, 1.54) is 25.3 Å². The van der Waals surface area contributed by atoms with E-state index in [0.29, 0.717) is 5.75 Å². The van der Waals surface area contributed by atoms with Crippen LogP contribution in [0.15, 0.2) is 36.4 Å². The lowest BCUT2D eigenvalue weighted by Crippen LogP contribution is -2.34. The maximum Gasteiger partial charge on any atom is 0.416 e. The van der Waals surface area contributed by atoms with Crippen molar-refractivity contribution in [2.75, 3.05) is 12.4 Å². The summed E-state index contributed by atoms with van der Waals surface area (Å²) >= 11 is 16.7. The first-order valence-corrected chi connectivity index (χ1v) is 8.11. The minimum Gasteiger partial charge on any atom is -0.495 e. The van der Waals surface area contributed by atoms with Gasteiger partial charge in [-0.1, -0.05) is 23.2 Å². The Hall–Kier alpha value is -2.03. The Morgan fingerprint density at radius 3 is 2.35 bits per heavy atom. The Labute approximate surface area is 162 Å². The second-order valence-corrected chi connectivity index (χ2v) is 6.17. The molecule has 138 valence electrons. The monoisotopic (exact) mass is 422 g/mol. The van der Waals surface area contributed by atoms with Gasteiger partial charge in [0.25, 0.3) is 5.91 Å². The lowest BCUT2D eigenvalue weighted by atomic mass is 10.2. The van der Waals surface area contributed by atoms with Gasteiger partial charge in [0.1, 0.15) is 5.75 Å². The van der Waals surface area contributed by atoms with Gasteiger partial charge in [-0.25, -0.2) is 0 Å². The molecule has 0 spiro atoms. The third kappa shape index (κ3) is 5.00. The van der Waals surface area contributed by atoms with Crippen LogP contribution >= 0.6 is 35.4 Å². The van der Waals surface area contributed by atoms with Crippen molar-refractivity contribution in [1.29, 1.82) is 0 Å². The highest BCUT2D eigenvalue weighted by atomic mass is 35.5. The molecular formula is C16H11Cl2F3N2O2S. The van der Waals surface area contributed by atoms with E-state index in [0.717, 1.165) is 18.2 Å². The lowest BCUT2D eigenvalue weighted by molar-refractivity contribution is -0.137. The molecule has 2 aromatic rings. The molecule has 0 aliphatic carbocycles. The molecule has 0 bridgehead atoms. The number of carbonyl (C=O) groups is 1.